The first-order chi connectivity index (χ1) is 9.00. The smallest absolute Gasteiger partial charge is 0.254 e. The van der Waals surface area contributed by atoms with Gasteiger partial charge < -0.3 is 10.6 Å². The maximum Gasteiger partial charge on any atom is 0.254 e. The van der Waals surface area contributed by atoms with Gasteiger partial charge in [0, 0.05) is 19.5 Å². The van der Waals surface area contributed by atoms with Gasteiger partial charge in [-0.3, -0.25) is 9.59 Å². The lowest BCUT2D eigenvalue weighted by atomic mass is 10.1. The van der Waals surface area contributed by atoms with Gasteiger partial charge in [-0.25, -0.2) is 4.39 Å². The standard InChI is InChI=1S/C14H19FN2O2/c1-10(2)9-13(18)16-7-8-17-14(19)11-5-3-4-6-12(11)15/h3-6,10H,7-9H2,1-2H3,(H,16,18)(H,17,19). The van der Waals surface area contributed by atoms with Gasteiger partial charge in [-0.05, 0) is 18.1 Å². The monoisotopic (exact) mass is 266 g/mol. The zero-order valence-corrected chi connectivity index (χ0v) is 11.2. The normalized spacial score (nSPS) is 10.3. The van der Waals surface area contributed by atoms with Crippen molar-refractivity contribution in [3.8, 4) is 0 Å². The summed E-state index contributed by atoms with van der Waals surface area (Å²) in [6.45, 7) is 4.53. The van der Waals surface area contributed by atoms with E-state index in [0.29, 0.717) is 18.9 Å². The average Bonchev–Trinajstić information content (AvgIpc) is 2.34. The molecule has 0 aliphatic heterocycles. The average molecular weight is 266 g/mol. The molecule has 4 nitrogen and oxygen atoms in total. The Labute approximate surface area is 112 Å². The zero-order chi connectivity index (χ0) is 14.3. The van der Waals surface area contributed by atoms with E-state index in [1.165, 1.54) is 18.2 Å². The number of carbonyl (C=O) groups excluding carboxylic acids is 2. The van der Waals surface area contributed by atoms with Gasteiger partial charge in [0.1, 0.15) is 5.82 Å². The van der Waals surface area contributed by atoms with Crippen LogP contribution in [0.5, 0.6) is 0 Å². The molecule has 2 N–H and O–H groups in total. The predicted octanol–water partition coefficient (Wildman–Crippen LogP) is 1.72. The van der Waals surface area contributed by atoms with E-state index in [2.05, 4.69) is 10.6 Å². The number of nitrogens with one attached hydrogen (secondary N) is 2. The van der Waals surface area contributed by atoms with Crippen LogP contribution in [0.15, 0.2) is 24.3 Å². The number of benzene rings is 1. The highest BCUT2D eigenvalue weighted by Gasteiger charge is 2.10. The van der Waals surface area contributed by atoms with Gasteiger partial charge >= 0.3 is 0 Å². The van der Waals surface area contributed by atoms with Crippen LogP contribution in [0.3, 0.4) is 0 Å². The molecule has 2 amide bonds. The Kier molecular flexibility index (Phi) is 5.99. The van der Waals surface area contributed by atoms with Crippen LogP contribution >= 0.6 is 0 Å². The van der Waals surface area contributed by atoms with Gasteiger partial charge in [-0.1, -0.05) is 26.0 Å². The molecule has 0 spiro atoms. The molecule has 0 aromatic heterocycles. The largest absolute Gasteiger partial charge is 0.354 e. The molecule has 104 valence electrons. The van der Waals surface area contributed by atoms with Crippen molar-refractivity contribution in [2.24, 2.45) is 5.92 Å². The zero-order valence-electron chi connectivity index (χ0n) is 11.2. The second-order valence-electron chi connectivity index (χ2n) is 4.68. The molecule has 1 rings (SSSR count). The highest BCUT2D eigenvalue weighted by molar-refractivity contribution is 5.94. The third-order valence-electron chi connectivity index (χ3n) is 2.44. The van der Waals surface area contributed by atoms with Crippen LogP contribution in [-0.4, -0.2) is 24.9 Å². The first-order valence-electron chi connectivity index (χ1n) is 6.30. The Balaban J connectivity index is 2.29. The van der Waals surface area contributed by atoms with Crippen LogP contribution in [0.25, 0.3) is 0 Å². The molecule has 1 aromatic carbocycles. The highest BCUT2D eigenvalue weighted by atomic mass is 19.1. The van der Waals surface area contributed by atoms with Crippen LogP contribution in [0.1, 0.15) is 30.6 Å². The van der Waals surface area contributed by atoms with E-state index >= 15 is 0 Å². The molecule has 0 radical (unpaired) electrons. The molecular formula is C14H19FN2O2. The Morgan fingerprint density at radius 3 is 2.42 bits per heavy atom. The molecule has 0 saturated carbocycles. The molecule has 0 unspecified atom stereocenters. The second-order valence-corrected chi connectivity index (χ2v) is 4.68. The van der Waals surface area contributed by atoms with Gasteiger partial charge in [0.05, 0.1) is 5.56 Å². The summed E-state index contributed by atoms with van der Waals surface area (Å²) in [7, 11) is 0. The van der Waals surface area contributed by atoms with Crippen molar-refractivity contribution in [3.05, 3.63) is 35.6 Å². The van der Waals surface area contributed by atoms with Crippen LogP contribution in [0.2, 0.25) is 0 Å². The van der Waals surface area contributed by atoms with Gasteiger partial charge in [0.15, 0.2) is 0 Å². The van der Waals surface area contributed by atoms with Crippen LogP contribution < -0.4 is 10.6 Å². The Bertz CT molecular complexity index is 447. The van der Waals surface area contributed by atoms with Crippen molar-refractivity contribution >= 4 is 11.8 Å². The fraction of sp³-hybridized carbons (Fsp3) is 0.429. The number of carbonyl (C=O) groups is 2. The molecule has 0 aliphatic carbocycles. The molecule has 0 bridgehead atoms. The number of amides is 2. The molecule has 0 fully saturated rings. The third kappa shape index (κ3) is 5.50. The summed E-state index contributed by atoms with van der Waals surface area (Å²) in [5.74, 6) is -0.775. The number of hydrogen-bond donors (Lipinski definition) is 2. The lowest BCUT2D eigenvalue weighted by Gasteiger charge is -2.08. The molecular weight excluding hydrogens is 247 g/mol. The number of rotatable bonds is 6. The molecule has 0 heterocycles. The minimum absolute atomic E-state index is 0.0102. The molecule has 0 saturated heterocycles. The van der Waals surface area contributed by atoms with E-state index in [1.807, 2.05) is 13.8 Å². The molecule has 0 aliphatic rings. The van der Waals surface area contributed by atoms with Crippen LogP contribution in [0, 0.1) is 11.7 Å². The fourth-order valence-electron chi connectivity index (χ4n) is 1.56. The summed E-state index contributed by atoms with van der Waals surface area (Å²) >= 11 is 0. The van der Waals surface area contributed by atoms with Crippen LogP contribution in [0.4, 0.5) is 4.39 Å². The van der Waals surface area contributed by atoms with Gasteiger partial charge in [0.2, 0.25) is 5.91 Å². The van der Waals surface area contributed by atoms with Crippen molar-refractivity contribution in [3.63, 3.8) is 0 Å². The SMILES string of the molecule is CC(C)CC(=O)NCCNC(=O)c1ccccc1F. The Morgan fingerprint density at radius 1 is 1.16 bits per heavy atom. The van der Waals surface area contributed by atoms with Crippen molar-refractivity contribution in [1.29, 1.82) is 0 Å². The summed E-state index contributed by atoms with van der Waals surface area (Å²) in [5.41, 5.74) is 0.0102. The first-order valence-corrected chi connectivity index (χ1v) is 6.30. The summed E-state index contributed by atoms with van der Waals surface area (Å²) in [5, 5.41) is 5.24. The van der Waals surface area contributed by atoms with Crippen molar-refractivity contribution in [2.45, 2.75) is 20.3 Å². The van der Waals surface area contributed by atoms with E-state index in [1.54, 1.807) is 6.07 Å². The topological polar surface area (TPSA) is 58.2 Å². The summed E-state index contributed by atoms with van der Waals surface area (Å²) in [4.78, 5) is 23.0. The van der Waals surface area contributed by atoms with Gasteiger partial charge in [-0.15, -0.1) is 0 Å². The third-order valence-corrected chi connectivity index (χ3v) is 2.44. The Morgan fingerprint density at radius 2 is 1.79 bits per heavy atom. The van der Waals surface area contributed by atoms with E-state index < -0.39 is 11.7 Å². The highest BCUT2D eigenvalue weighted by Crippen LogP contribution is 2.05. The molecule has 1 aromatic rings. The summed E-state index contributed by atoms with van der Waals surface area (Å²) in [6, 6.07) is 5.78. The summed E-state index contributed by atoms with van der Waals surface area (Å²) < 4.78 is 13.3. The quantitative estimate of drug-likeness (QED) is 0.770. The second kappa shape index (κ2) is 7.51. The number of hydrogen-bond acceptors (Lipinski definition) is 2. The summed E-state index contributed by atoms with van der Waals surface area (Å²) in [6.07, 6.45) is 0.460. The minimum atomic E-state index is -0.552. The maximum atomic E-state index is 13.3. The van der Waals surface area contributed by atoms with E-state index in [4.69, 9.17) is 0 Å². The maximum absolute atomic E-state index is 13.3. The first kappa shape index (κ1) is 15.1. The molecule has 0 atom stereocenters. The van der Waals surface area contributed by atoms with Gasteiger partial charge in [0.25, 0.3) is 5.91 Å². The predicted molar refractivity (Wildman–Crippen MR) is 71.2 cm³/mol. The molecule has 5 heteroatoms. The van der Waals surface area contributed by atoms with E-state index in [9.17, 15) is 14.0 Å². The Hall–Kier alpha value is -1.91. The fourth-order valence-corrected chi connectivity index (χ4v) is 1.56. The lowest BCUT2D eigenvalue weighted by Crippen LogP contribution is -2.35. The van der Waals surface area contributed by atoms with Gasteiger partial charge in [-0.2, -0.15) is 0 Å². The van der Waals surface area contributed by atoms with Crippen LogP contribution in [-0.2, 0) is 4.79 Å². The minimum Gasteiger partial charge on any atom is -0.354 e. The van der Waals surface area contributed by atoms with E-state index in [-0.39, 0.29) is 18.0 Å². The number of halogens is 1. The van der Waals surface area contributed by atoms with Crippen molar-refractivity contribution in [2.75, 3.05) is 13.1 Å². The molecule has 19 heavy (non-hydrogen) atoms. The lowest BCUT2D eigenvalue weighted by molar-refractivity contribution is -0.121. The van der Waals surface area contributed by atoms with E-state index in [0.717, 1.165) is 0 Å². The van der Waals surface area contributed by atoms with Crippen molar-refractivity contribution in [1.82, 2.24) is 10.6 Å². The van der Waals surface area contributed by atoms with Crippen molar-refractivity contribution < 1.29 is 14.0 Å².